The molecule has 0 fully saturated rings. The number of benzene rings is 1. The number of hydrogen-bond donors (Lipinski definition) is 0. The highest BCUT2D eigenvalue weighted by Crippen LogP contribution is 2.22. The molecule has 0 amide bonds. The first-order chi connectivity index (χ1) is 7.10. The van der Waals surface area contributed by atoms with Gasteiger partial charge in [-0.05, 0) is 12.1 Å². The van der Waals surface area contributed by atoms with E-state index in [1.807, 2.05) is 0 Å². The van der Waals surface area contributed by atoms with Crippen LogP contribution in [0.1, 0.15) is 11.1 Å². The third kappa shape index (κ3) is 2.45. The van der Waals surface area contributed by atoms with E-state index in [1.165, 1.54) is 13.2 Å². The fourth-order valence-corrected chi connectivity index (χ4v) is 1.32. The van der Waals surface area contributed by atoms with Gasteiger partial charge in [0.15, 0.2) is 0 Å². The molecule has 1 aromatic rings. The van der Waals surface area contributed by atoms with Crippen LogP contribution in [0.25, 0.3) is 0 Å². The molecule has 78 valence electrons. The highest BCUT2D eigenvalue weighted by molar-refractivity contribution is 6.31. The van der Waals surface area contributed by atoms with Crippen molar-refractivity contribution in [3.05, 3.63) is 34.1 Å². The first-order valence-electron chi connectivity index (χ1n) is 4.04. The van der Waals surface area contributed by atoms with E-state index in [2.05, 4.69) is 4.74 Å². The molecule has 0 unspecified atom stereocenters. The molecule has 0 spiro atoms. The molecule has 0 aromatic heterocycles. The first kappa shape index (κ1) is 11.5. The van der Waals surface area contributed by atoms with E-state index < -0.39 is 11.8 Å². The van der Waals surface area contributed by atoms with Gasteiger partial charge in [0.05, 0.1) is 24.1 Å². The van der Waals surface area contributed by atoms with Crippen molar-refractivity contribution in [3.63, 3.8) is 0 Å². The van der Waals surface area contributed by atoms with E-state index in [1.54, 1.807) is 6.07 Å². The molecule has 0 aliphatic rings. The van der Waals surface area contributed by atoms with Gasteiger partial charge in [-0.15, -0.1) is 0 Å². The first-order valence-corrected chi connectivity index (χ1v) is 4.41. The van der Waals surface area contributed by atoms with E-state index in [0.717, 1.165) is 6.07 Å². The van der Waals surface area contributed by atoms with Crippen molar-refractivity contribution in [3.8, 4) is 6.07 Å². The van der Waals surface area contributed by atoms with Crippen molar-refractivity contribution >= 4 is 17.6 Å². The molecule has 0 radical (unpaired) electrons. The summed E-state index contributed by atoms with van der Waals surface area (Å²) >= 11 is 5.69. The van der Waals surface area contributed by atoms with Crippen molar-refractivity contribution in [2.45, 2.75) is 6.42 Å². The van der Waals surface area contributed by atoms with Crippen molar-refractivity contribution in [1.82, 2.24) is 0 Å². The van der Waals surface area contributed by atoms with Crippen LogP contribution in [0.4, 0.5) is 4.39 Å². The van der Waals surface area contributed by atoms with Gasteiger partial charge in [-0.1, -0.05) is 11.6 Å². The van der Waals surface area contributed by atoms with Crippen LogP contribution in [-0.2, 0) is 16.0 Å². The second kappa shape index (κ2) is 4.76. The van der Waals surface area contributed by atoms with Crippen molar-refractivity contribution < 1.29 is 13.9 Å². The lowest BCUT2D eigenvalue weighted by atomic mass is 10.0. The van der Waals surface area contributed by atoms with Gasteiger partial charge in [-0.3, -0.25) is 4.79 Å². The SMILES string of the molecule is COC(=O)Cc1c(F)ccc(Cl)c1C#N. The zero-order valence-corrected chi connectivity index (χ0v) is 8.64. The highest BCUT2D eigenvalue weighted by atomic mass is 35.5. The Balaban J connectivity index is 3.21. The molecule has 0 bridgehead atoms. The molecule has 15 heavy (non-hydrogen) atoms. The van der Waals surface area contributed by atoms with Gasteiger partial charge in [-0.2, -0.15) is 5.26 Å². The topological polar surface area (TPSA) is 50.1 Å². The van der Waals surface area contributed by atoms with Gasteiger partial charge in [0.25, 0.3) is 0 Å². The molecule has 0 aliphatic heterocycles. The van der Waals surface area contributed by atoms with Gasteiger partial charge in [0.2, 0.25) is 0 Å². The Labute approximate surface area is 91.0 Å². The van der Waals surface area contributed by atoms with Crippen LogP contribution in [0.3, 0.4) is 0 Å². The van der Waals surface area contributed by atoms with Crippen molar-refractivity contribution in [2.24, 2.45) is 0 Å². The van der Waals surface area contributed by atoms with Crippen molar-refractivity contribution in [2.75, 3.05) is 7.11 Å². The minimum Gasteiger partial charge on any atom is -0.469 e. The van der Waals surface area contributed by atoms with Crippen molar-refractivity contribution in [1.29, 1.82) is 5.26 Å². The Kier molecular flexibility index (Phi) is 3.64. The maximum atomic E-state index is 13.3. The summed E-state index contributed by atoms with van der Waals surface area (Å²) in [6, 6.07) is 4.14. The summed E-state index contributed by atoms with van der Waals surface area (Å²) in [6.45, 7) is 0. The molecular formula is C10H7ClFNO2. The predicted molar refractivity (Wildman–Crippen MR) is 51.8 cm³/mol. The zero-order valence-electron chi connectivity index (χ0n) is 7.88. The number of carbonyl (C=O) groups is 1. The van der Waals surface area contributed by atoms with Gasteiger partial charge < -0.3 is 4.74 Å². The molecule has 5 heteroatoms. The summed E-state index contributed by atoms with van der Waals surface area (Å²) in [5, 5.41) is 8.88. The number of methoxy groups -OCH3 is 1. The summed E-state index contributed by atoms with van der Waals surface area (Å²) in [6.07, 6.45) is -0.300. The van der Waals surface area contributed by atoms with E-state index in [9.17, 15) is 9.18 Å². The quantitative estimate of drug-likeness (QED) is 0.727. The second-order valence-corrected chi connectivity index (χ2v) is 3.15. The number of rotatable bonds is 2. The number of hydrogen-bond acceptors (Lipinski definition) is 3. The molecule has 0 atom stereocenters. The third-order valence-corrected chi connectivity index (χ3v) is 2.18. The average Bonchev–Trinajstić information content (AvgIpc) is 2.23. The molecule has 0 aliphatic carbocycles. The number of ether oxygens (including phenoxy) is 1. The molecule has 3 nitrogen and oxygen atoms in total. The Hall–Kier alpha value is -1.60. The highest BCUT2D eigenvalue weighted by Gasteiger charge is 2.15. The zero-order chi connectivity index (χ0) is 11.4. The van der Waals surface area contributed by atoms with Crippen LogP contribution in [0.15, 0.2) is 12.1 Å². The van der Waals surface area contributed by atoms with E-state index >= 15 is 0 Å². The van der Waals surface area contributed by atoms with Crippen LogP contribution in [0.2, 0.25) is 5.02 Å². The number of carbonyl (C=O) groups excluding carboxylic acids is 1. The summed E-state index contributed by atoms with van der Waals surface area (Å²) in [5.41, 5.74) is -0.0566. The van der Waals surface area contributed by atoms with Gasteiger partial charge in [0, 0.05) is 5.56 Å². The van der Waals surface area contributed by atoms with Gasteiger partial charge in [0.1, 0.15) is 11.9 Å². The lowest BCUT2D eigenvalue weighted by molar-refractivity contribution is -0.139. The molecule has 1 rings (SSSR count). The van der Waals surface area contributed by atoms with Gasteiger partial charge >= 0.3 is 5.97 Å². The number of nitrogens with zero attached hydrogens (tertiary/aromatic N) is 1. The third-order valence-electron chi connectivity index (χ3n) is 1.87. The summed E-state index contributed by atoms with van der Waals surface area (Å²) in [7, 11) is 1.19. The summed E-state index contributed by atoms with van der Waals surface area (Å²) in [5.74, 6) is -1.26. The van der Waals surface area contributed by atoms with E-state index in [4.69, 9.17) is 16.9 Å². The van der Waals surface area contributed by atoms with Crippen LogP contribution < -0.4 is 0 Å². The predicted octanol–water partition coefficient (Wildman–Crippen LogP) is 2.07. The summed E-state index contributed by atoms with van der Waals surface area (Å²) in [4.78, 5) is 11.0. The Morgan fingerprint density at radius 3 is 2.87 bits per heavy atom. The molecule has 1 aromatic carbocycles. The molecule has 0 N–H and O–H groups in total. The largest absolute Gasteiger partial charge is 0.469 e. The van der Waals surface area contributed by atoms with E-state index in [-0.39, 0.29) is 22.6 Å². The lowest BCUT2D eigenvalue weighted by Crippen LogP contribution is -2.08. The number of nitriles is 1. The van der Waals surface area contributed by atoms with Crippen LogP contribution in [0, 0.1) is 17.1 Å². The Morgan fingerprint density at radius 2 is 2.33 bits per heavy atom. The maximum Gasteiger partial charge on any atom is 0.310 e. The van der Waals surface area contributed by atoms with Gasteiger partial charge in [-0.25, -0.2) is 4.39 Å². The Morgan fingerprint density at radius 1 is 1.67 bits per heavy atom. The fourth-order valence-electron chi connectivity index (χ4n) is 1.10. The average molecular weight is 228 g/mol. The normalized spacial score (nSPS) is 9.47. The minimum atomic E-state index is -0.638. The van der Waals surface area contributed by atoms with E-state index in [0.29, 0.717) is 0 Å². The molecular weight excluding hydrogens is 221 g/mol. The minimum absolute atomic E-state index is 0.0259. The monoisotopic (exact) mass is 227 g/mol. The summed E-state index contributed by atoms with van der Waals surface area (Å²) < 4.78 is 17.7. The van der Waals surface area contributed by atoms with Crippen LogP contribution in [-0.4, -0.2) is 13.1 Å². The van der Waals surface area contributed by atoms with Crippen LogP contribution in [0.5, 0.6) is 0 Å². The molecule has 0 heterocycles. The Bertz CT molecular complexity index is 440. The number of halogens is 2. The molecule has 0 saturated heterocycles. The number of esters is 1. The fraction of sp³-hybridized carbons (Fsp3) is 0.200. The van der Waals surface area contributed by atoms with Crippen LogP contribution >= 0.6 is 11.6 Å². The standard InChI is InChI=1S/C10H7ClFNO2/c1-15-10(14)4-6-7(5-13)8(11)2-3-9(6)12/h2-3H,4H2,1H3. The second-order valence-electron chi connectivity index (χ2n) is 2.75. The maximum absolute atomic E-state index is 13.3. The molecule has 0 saturated carbocycles. The smallest absolute Gasteiger partial charge is 0.310 e. The lowest BCUT2D eigenvalue weighted by Gasteiger charge is -2.05.